The number of hydrogen-bond donors (Lipinski definition) is 1. The van der Waals surface area contributed by atoms with E-state index in [0.717, 1.165) is 19.6 Å². The van der Waals surface area contributed by atoms with Crippen LogP contribution in [0.1, 0.15) is 26.7 Å². The average Bonchev–Trinajstić information content (AvgIpc) is 2.26. The van der Waals surface area contributed by atoms with Gasteiger partial charge in [-0.3, -0.25) is 4.79 Å². The van der Waals surface area contributed by atoms with Crippen LogP contribution in [0, 0.1) is 5.92 Å². The summed E-state index contributed by atoms with van der Waals surface area (Å²) in [6, 6.07) is 0.269. The minimum atomic E-state index is 0.0588. The third-order valence-corrected chi connectivity index (χ3v) is 2.99. The van der Waals surface area contributed by atoms with Gasteiger partial charge in [0.1, 0.15) is 0 Å². The third-order valence-electron chi connectivity index (χ3n) is 2.99. The van der Waals surface area contributed by atoms with E-state index in [1.807, 2.05) is 4.90 Å². The van der Waals surface area contributed by atoms with Crippen LogP contribution in [0.4, 0.5) is 0 Å². The predicted molar refractivity (Wildman–Crippen MR) is 62.6 cm³/mol. The van der Waals surface area contributed by atoms with Crippen LogP contribution in [0.3, 0.4) is 0 Å². The summed E-state index contributed by atoms with van der Waals surface area (Å²) in [4.78, 5) is 13.5. The summed E-state index contributed by atoms with van der Waals surface area (Å²) in [5.74, 6) is 0.709. The lowest BCUT2D eigenvalue weighted by atomic mass is 9.97. The van der Waals surface area contributed by atoms with Crippen LogP contribution in [0.15, 0.2) is 12.7 Å². The van der Waals surface area contributed by atoms with Gasteiger partial charge >= 0.3 is 0 Å². The van der Waals surface area contributed by atoms with E-state index in [0.29, 0.717) is 5.92 Å². The fourth-order valence-corrected chi connectivity index (χ4v) is 2.01. The first-order valence-corrected chi connectivity index (χ1v) is 5.79. The lowest BCUT2D eigenvalue weighted by Gasteiger charge is -2.32. The predicted octanol–water partition coefficient (Wildman–Crippen LogP) is 1.41. The second kappa shape index (κ2) is 5.91. The number of carbonyl (C=O) groups excluding carboxylic acids is 1. The quantitative estimate of drug-likeness (QED) is 0.712. The minimum absolute atomic E-state index is 0.0588. The molecular formula is C12H22N2O. The molecule has 86 valence electrons. The van der Waals surface area contributed by atoms with Gasteiger partial charge in [-0.05, 0) is 51.8 Å². The molecule has 1 heterocycles. The number of nitrogens with one attached hydrogen (secondary N) is 1. The molecule has 0 aromatic carbocycles. The van der Waals surface area contributed by atoms with Crippen molar-refractivity contribution in [3.8, 4) is 0 Å². The molecule has 3 nitrogen and oxygen atoms in total. The smallest absolute Gasteiger partial charge is 0.246 e. The second-order valence-electron chi connectivity index (χ2n) is 4.48. The number of carbonyl (C=O) groups is 1. The number of hydrogen-bond acceptors (Lipinski definition) is 2. The Morgan fingerprint density at radius 1 is 1.53 bits per heavy atom. The van der Waals surface area contributed by atoms with E-state index in [1.165, 1.54) is 18.9 Å². The molecule has 0 spiro atoms. The van der Waals surface area contributed by atoms with Gasteiger partial charge in [-0.15, -0.1) is 0 Å². The molecule has 1 amide bonds. The van der Waals surface area contributed by atoms with E-state index in [1.54, 1.807) is 0 Å². The first-order chi connectivity index (χ1) is 7.15. The fraction of sp³-hybridized carbons (Fsp3) is 0.750. The van der Waals surface area contributed by atoms with Crippen molar-refractivity contribution >= 4 is 5.91 Å². The molecule has 0 aliphatic carbocycles. The van der Waals surface area contributed by atoms with Crippen molar-refractivity contribution in [3.05, 3.63) is 12.7 Å². The molecule has 0 atom stereocenters. The van der Waals surface area contributed by atoms with Crippen molar-refractivity contribution < 1.29 is 4.79 Å². The Morgan fingerprint density at radius 2 is 2.13 bits per heavy atom. The van der Waals surface area contributed by atoms with Crippen molar-refractivity contribution in [2.24, 2.45) is 5.92 Å². The fourth-order valence-electron chi connectivity index (χ4n) is 2.01. The maximum Gasteiger partial charge on any atom is 0.246 e. The van der Waals surface area contributed by atoms with E-state index < -0.39 is 0 Å². The lowest BCUT2D eigenvalue weighted by Crippen LogP contribution is -2.42. The molecule has 0 aromatic heterocycles. The Balaban J connectivity index is 2.49. The highest BCUT2D eigenvalue weighted by molar-refractivity contribution is 5.87. The second-order valence-corrected chi connectivity index (χ2v) is 4.48. The normalized spacial score (nSPS) is 17.8. The Kier molecular flexibility index (Phi) is 4.82. The van der Waals surface area contributed by atoms with Crippen LogP contribution in [0.2, 0.25) is 0 Å². The van der Waals surface area contributed by atoms with Gasteiger partial charge in [-0.1, -0.05) is 6.58 Å². The van der Waals surface area contributed by atoms with E-state index in [9.17, 15) is 4.79 Å². The van der Waals surface area contributed by atoms with Gasteiger partial charge in [0.05, 0.1) is 0 Å². The van der Waals surface area contributed by atoms with E-state index in [2.05, 4.69) is 25.7 Å². The molecule has 15 heavy (non-hydrogen) atoms. The molecule has 0 radical (unpaired) electrons. The van der Waals surface area contributed by atoms with Gasteiger partial charge in [0.15, 0.2) is 0 Å². The summed E-state index contributed by atoms with van der Waals surface area (Å²) in [6.07, 6.45) is 3.77. The zero-order valence-electron chi connectivity index (χ0n) is 9.83. The van der Waals surface area contributed by atoms with E-state index >= 15 is 0 Å². The molecule has 0 aromatic rings. The topological polar surface area (TPSA) is 32.3 Å². The van der Waals surface area contributed by atoms with Crippen LogP contribution in [-0.4, -0.2) is 36.5 Å². The summed E-state index contributed by atoms with van der Waals surface area (Å²) >= 11 is 0. The van der Waals surface area contributed by atoms with E-state index in [4.69, 9.17) is 0 Å². The molecule has 1 aliphatic rings. The monoisotopic (exact) mass is 210 g/mol. The van der Waals surface area contributed by atoms with Gasteiger partial charge in [-0.25, -0.2) is 0 Å². The van der Waals surface area contributed by atoms with Crippen molar-refractivity contribution in [1.29, 1.82) is 0 Å². The maximum absolute atomic E-state index is 11.6. The first-order valence-electron chi connectivity index (χ1n) is 5.79. The molecule has 0 saturated carbocycles. The van der Waals surface area contributed by atoms with E-state index in [-0.39, 0.29) is 11.9 Å². The maximum atomic E-state index is 11.6. The van der Waals surface area contributed by atoms with Gasteiger partial charge in [0, 0.05) is 12.6 Å². The molecule has 1 fully saturated rings. The van der Waals surface area contributed by atoms with Crippen molar-refractivity contribution in [2.45, 2.75) is 32.7 Å². The highest BCUT2D eigenvalue weighted by Gasteiger charge is 2.20. The number of piperidine rings is 1. The van der Waals surface area contributed by atoms with Gasteiger partial charge < -0.3 is 10.2 Å². The van der Waals surface area contributed by atoms with Crippen LogP contribution in [-0.2, 0) is 4.79 Å². The molecule has 1 saturated heterocycles. The largest absolute Gasteiger partial charge is 0.336 e. The summed E-state index contributed by atoms with van der Waals surface area (Å²) in [6.45, 7) is 10.7. The Hall–Kier alpha value is -0.830. The molecular weight excluding hydrogens is 188 g/mol. The summed E-state index contributed by atoms with van der Waals surface area (Å²) in [5.41, 5.74) is 0. The zero-order valence-corrected chi connectivity index (χ0v) is 9.83. The van der Waals surface area contributed by atoms with Crippen LogP contribution in [0.25, 0.3) is 0 Å². The molecule has 1 rings (SSSR count). The number of rotatable bonds is 4. The minimum Gasteiger partial charge on any atom is -0.336 e. The molecule has 1 N–H and O–H groups in total. The third kappa shape index (κ3) is 3.67. The summed E-state index contributed by atoms with van der Waals surface area (Å²) in [7, 11) is 0. The SMILES string of the molecule is C=CC(=O)N(CC1CCNCC1)C(C)C. The standard InChI is InChI=1S/C12H22N2O/c1-4-12(15)14(10(2)3)9-11-5-7-13-8-6-11/h4,10-11,13H,1,5-9H2,2-3H3. The van der Waals surface area contributed by atoms with Gasteiger partial charge in [0.25, 0.3) is 0 Å². The highest BCUT2D eigenvalue weighted by atomic mass is 16.2. The number of nitrogens with zero attached hydrogens (tertiary/aromatic N) is 1. The van der Waals surface area contributed by atoms with Crippen LogP contribution >= 0.6 is 0 Å². The molecule has 3 heteroatoms. The lowest BCUT2D eigenvalue weighted by molar-refractivity contribution is -0.128. The van der Waals surface area contributed by atoms with Crippen LogP contribution < -0.4 is 5.32 Å². The summed E-state index contributed by atoms with van der Waals surface area (Å²) < 4.78 is 0. The summed E-state index contributed by atoms with van der Waals surface area (Å²) in [5, 5.41) is 3.34. The first kappa shape index (κ1) is 12.2. The Morgan fingerprint density at radius 3 is 2.60 bits per heavy atom. The van der Waals surface area contributed by atoms with Crippen molar-refractivity contribution in [3.63, 3.8) is 0 Å². The van der Waals surface area contributed by atoms with Gasteiger partial charge in [0.2, 0.25) is 5.91 Å². The number of amides is 1. The van der Waals surface area contributed by atoms with Gasteiger partial charge in [-0.2, -0.15) is 0 Å². The molecule has 0 bridgehead atoms. The van der Waals surface area contributed by atoms with Crippen molar-refractivity contribution in [1.82, 2.24) is 10.2 Å². The molecule has 1 aliphatic heterocycles. The zero-order chi connectivity index (χ0) is 11.3. The Labute approximate surface area is 92.5 Å². The molecule has 0 unspecified atom stereocenters. The Bertz CT molecular complexity index is 220. The highest BCUT2D eigenvalue weighted by Crippen LogP contribution is 2.15. The van der Waals surface area contributed by atoms with Crippen LogP contribution in [0.5, 0.6) is 0 Å². The average molecular weight is 210 g/mol. The van der Waals surface area contributed by atoms with Crippen molar-refractivity contribution in [2.75, 3.05) is 19.6 Å².